The molecule has 5 nitrogen and oxygen atoms in total. The van der Waals surface area contributed by atoms with Crippen molar-refractivity contribution in [2.24, 2.45) is 0 Å². The molecule has 0 radical (unpaired) electrons. The third-order valence-corrected chi connectivity index (χ3v) is 4.93. The topological polar surface area (TPSA) is 48.8 Å². The third kappa shape index (κ3) is 3.99. The molecule has 0 unspecified atom stereocenters. The number of nitrogens with zero attached hydrogens (tertiary/aromatic N) is 3. The average molecular weight is 299 g/mol. The van der Waals surface area contributed by atoms with Crippen molar-refractivity contribution in [3.8, 4) is 0 Å². The fraction of sp³-hybridized carbons (Fsp3) is 0.786. The van der Waals surface area contributed by atoms with Crippen LogP contribution in [0.3, 0.4) is 0 Å². The molecule has 2 heterocycles. The number of likely N-dealkylation sites (N-methyl/N-ethyl adjacent to an activating group) is 1. The Labute approximate surface area is 125 Å². The Bertz CT molecular complexity index is 434. The molecule has 0 atom stereocenters. The van der Waals surface area contributed by atoms with Crippen molar-refractivity contribution in [2.45, 2.75) is 32.6 Å². The van der Waals surface area contributed by atoms with E-state index >= 15 is 0 Å². The summed E-state index contributed by atoms with van der Waals surface area (Å²) in [6, 6.07) is 0. The molecule has 114 valence electrons. The van der Waals surface area contributed by atoms with E-state index < -0.39 is 5.60 Å². The van der Waals surface area contributed by atoms with Crippen molar-refractivity contribution in [3.05, 3.63) is 15.6 Å². The molecule has 0 aromatic carbocycles. The minimum absolute atomic E-state index is 0.457. The highest BCUT2D eigenvalue weighted by Crippen LogP contribution is 2.31. The van der Waals surface area contributed by atoms with Crippen LogP contribution in [0.25, 0.3) is 0 Å². The molecule has 1 saturated heterocycles. The van der Waals surface area contributed by atoms with Crippen molar-refractivity contribution < 1.29 is 9.84 Å². The quantitative estimate of drug-likeness (QED) is 0.887. The summed E-state index contributed by atoms with van der Waals surface area (Å²) in [5.74, 6) is 0. The summed E-state index contributed by atoms with van der Waals surface area (Å²) in [5.41, 5.74) is 0.0143. The van der Waals surface area contributed by atoms with Crippen LogP contribution in [0.5, 0.6) is 0 Å². The zero-order valence-electron chi connectivity index (χ0n) is 12.8. The van der Waals surface area contributed by atoms with Crippen LogP contribution in [-0.2, 0) is 23.5 Å². The number of aromatic nitrogens is 1. The molecule has 1 N–H and O–H groups in total. The maximum Gasteiger partial charge on any atom is 0.107 e. The number of ether oxygens (including phenoxy) is 1. The molecule has 20 heavy (non-hydrogen) atoms. The smallest absolute Gasteiger partial charge is 0.107 e. The predicted octanol–water partition coefficient (Wildman–Crippen LogP) is 1.26. The predicted molar refractivity (Wildman–Crippen MR) is 80.8 cm³/mol. The SMILES string of the molecule is COCc1nc(CN2CCN(C)CC2)sc1C(C)(C)O. The molecule has 0 saturated carbocycles. The summed E-state index contributed by atoms with van der Waals surface area (Å²) in [5, 5.41) is 11.3. The summed E-state index contributed by atoms with van der Waals surface area (Å²) < 4.78 is 5.19. The third-order valence-electron chi connectivity index (χ3n) is 3.53. The zero-order chi connectivity index (χ0) is 14.8. The van der Waals surface area contributed by atoms with Crippen molar-refractivity contribution in [1.29, 1.82) is 0 Å². The van der Waals surface area contributed by atoms with Gasteiger partial charge in [0, 0.05) is 33.3 Å². The van der Waals surface area contributed by atoms with Gasteiger partial charge in [-0.2, -0.15) is 0 Å². The van der Waals surface area contributed by atoms with Crippen LogP contribution in [0.15, 0.2) is 0 Å². The van der Waals surface area contributed by atoms with E-state index in [9.17, 15) is 5.11 Å². The Morgan fingerprint density at radius 1 is 1.30 bits per heavy atom. The molecule has 1 aliphatic heterocycles. The minimum atomic E-state index is -0.855. The first-order valence-corrected chi connectivity index (χ1v) is 7.83. The van der Waals surface area contributed by atoms with Gasteiger partial charge >= 0.3 is 0 Å². The summed E-state index contributed by atoms with van der Waals surface area (Å²) in [4.78, 5) is 10.3. The molecular weight excluding hydrogens is 274 g/mol. The van der Waals surface area contributed by atoms with Crippen LogP contribution in [0, 0.1) is 0 Å². The highest BCUT2D eigenvalue weighted by atomic mass is 32.1. The highest BCUT2D eigenvalue weighted by molar-refractivity contribution is 7.11. The van der Waals surface area contributed by atoms with E-state index in [0.29, 0.717) is 6.61 Å². The van der Waals surface area contributed by atoms with Crippen molar-refractivity contribution in [3.63, 3.8) is 0 Å². The number of piperazine rings is 1. The fourth-order valence-corrected chi connectivity index (χ4v) is 3.49. The van der Waals surface area contributed by atoms with Gasteiger partial charge in [0.1, 0.15) is 5.01 Å². The van der Waals surface area contributed by atoms with Crippen LogP contribution in [0.4, 0.5) is 0 Å². The summed E-state index contributed by atoms with van der Waals surface area (Å²) in [6.07, 6.45) is 0. The molecule has 1 aliphatic rings. The second-order valence-electron chi connectivity index (χ2n) is 5.95. The fourth-order valence-electron chi connectivity index (χ4n) is 2.38. The highest BCUT2D eigenvalue weighted by Gasteiger charge is 2.25. The summed E-state index contributed by atoms with van der Waals surface area (Å²) >= 11 is 1.60. The Hall–Kier alpha value is -0.530. The number of hydrogen-bond donors (Lipinski definition) is 1. The van der Waals surface area contributed by atoms with E-state index in [4.69, 9.17) is 4.74 Å². The van der Waals surface area contributed by atoms with Gasteiger partial charge in [-0.15, -0.1) is 11.3 Å². The number of rotatable bonds is 5. The monoisotopic (exact) mass is 299 g/mol. The first-order valence-electron chi connectivity index (χ1n) is 7.01. The van der Waals surface area contributed by atoms with Gasteiger partial charge in [0.25, 0.3) is 0 Å². The van der Waals surface area contributed by atoms with Gasteiger partial charge in [0.05, 0.1) is 29.3 Å². The molecule has 1 aromatic rings. The number of hydrogen-bond acceptors (Lipinski definition) is 6. The van der Waals surface area contributed by atoms with E-state index in [1.165, 1.54) is 0 Å². The van der Waals surface area contributed by atoms with E-state index in [1.807, 2.05) is 0 Å². The van der Waals surface area contributed by atoms with Gasteiger partial charge < -0.3 is 14.7 Å². The van der Waals surface area contributed by atoms with Gasteiger partial charge in [-0.05, 0) is 20.9 Å². The largest absolute Gasteiger partial charge is 0.385 e. The lowest BCUT2D eigenvalue weighted by molar-refractivity contribution is 0.0782. The zero-order valence-corrected chi connectivity index (χ0v) is 13.7. The molecule has 0 spiro atoms. The van der Waals surface area contributed by atoms with Crippen molar-refractivity contribution >= 4 is 11.3 Å². The lowest BCUT2D eigenvalue weighted by Crippen LogP contribution is -2.43. The van der Waals surface area contributed by atoms with E-state index in [0.717, 1.165) is 48.3 Å². The van der Waals surface area contributed by atoms with E-state index in [-0.39, 0.29) is 0 Å². The second-order valence-corrected chi connectivity index (χ2v) is 7.04. The Kier molecular flexibility index (Phi) is 5.14. The molecule has 0 amide bonds. The molecular formula is C14H25N3O2S. The second kappa shape index (κ2) is 6.49. The number of aliphatic hydroxyl groups is 1. The van der Waals surface area contributed by atoms with Crippen molar-refractivity contribution in [1.82, 2.24) is 14.8 Å². The maximum atomic E-state index is 10.2. The van der Waals surface area contributed by atoms with Crippen LogP contribution in [0.2, 0.25) is 0 Å². The van der Waals surface area contributed by atoms with Crippen LogP contribution < -0.4 is 0 Å². The van der Waals surface area contributed by atoms with Gasteiger partial charge in [0.2, 0.25) is 0 Å². The van der Waals surface area contributed by atoms with Crippen molar-refractivity contribution in [2.75, 3.05) is 40.3 Å². The standard InChI is InChI=1S/C14H25N3O2S/c1-14(2,18)13-11(10-19-4)15-12(20-13)9-17-7-5-16(3)6-8-17/h18H,5-10H2,1-4H3. The van der Waals surface area contributed by atoms with Crippen LogP contribution in [0.1, 0.15) is 29.4 Å². The molecule has 2 rings (SSSR count). The molecule has 0 bridgehead atoms. The Morgan fingerprint density at radius 3 is 2.50 bits per heavy atom. The van der Waals surface area contributed by atoms with Gasteiger partial charge in [0.15, 0.2) is 0 Å². The summed E-state index contributed by atoms with van der Waals surface area (Å²) in [6.45, 7) is 9.30. The summed E-state index contributed by atoms with van der Waals surface area (Å²) in [7, 11) is 3.82. The lowest BCUT2D eigenvalue weighted by atomic mass is 10.1. The van der Waals surface area contributed by atoms with Gasteiger partial charge in [-0.25, -0.2) is 4.98 Å². The average Bonchev–Trinajstić information content (AvgIpc) is 2.75. The number of methoxy groups -OCH3 is 1. The van der Waals surface area contributed by atoms with E-state index in [1.54, 1.807) is 32.3 Å². The molecule has 1 fully saturated rings. The Morgan fingerprint density at radius 2 is 1.95 bits per heavy atom. The first-order chi connectivity index (χ1) is 9.40. The number of thiazole rings is 1. The molecule has 6 heteroatoms. The molecule has 1 aromatic heterocycles. The first kappa shape index (κ1) is 15.9. The van der Waals surface area contributed by atoms with Gasteiger partial charge in [-0.3, -0.25) is 4.90 Å². The van der Waals surface area contributed by atoms with Gasteiger partial charge in [-0.1, -0.05) is 0 Å². The lowest BCUT2D eigenvalue weighted by Gasteiger charge is -2.31. The van der Waals surface area contributed by atoms with Crippen LogP contribution in [-0.4, -0.2) is 60.2 Å². The Balaban J connectivity index is 2.08. The normalized spacial score (nSPS) is 18.6. The minimum Gasteiger partial charge on any atom is -0.385 e. The maximum absolute atomic E-state index is 10.2. The van der Waals surface area contributed by atoms with E-state index in [2.05, 4.69) is 21.8 Å². The molecule has 0 aliphatic carbocycles. The van der Waals surface area contributed by atoms with Crippen LogP contribution >= 0.6 is 11.3 Å².